The standard InChI is InChI=1S/C5H12N2PS/c9-7-6-4-2-1-3-5-8-7/h6,8H,1-5H2/q-1. The Bertz CT molecular complexity index is 73.4. The minimum absolute atomic E-state index is 0.801. The molecule has 54 valence electrons. The van der Waals surface area contributed by atoms with E-state index in [0.29, 0.717) is 0 Å². The zero-order valence-electron chi connectivity index (χ0n) is 5.39. The average Bonchev–Trinajstić information content (AvgIpc) is 1.79. The molecule has 0 aromatic carbocycles. The van der Waals surface area contributed by atoms with E-state index in [2.05, 4.69) is 5.43 Å². The van der Waals surface area contributed by atoms with Crippen LogP contribution in [0.3, 0.4) is 0 Å². The lowest BCUT2D eigenvalue weighted by Crippen LogP contribution is -2.28. The Morgan fingerprint density at radius 2 is 2.22 bits per heavy atom. The van der Waals surface area contributed by atoms with E-state index in [1.54, 1.807) is 4.18 Å². The van der Waals surface area contributed by atoms with Crippen molar-refractivity contribution in [3.8, 4) is 0 Å². The minimum atomic E-state index is 0.801. The molecule has 0 aromatic rings. The summed E-state index contributed by atoms with van der Waals surface area (Å²) in [6.07, 6.45) is 5.27. The van der Waals surface area contributed by atoms with Crippen LogP contribution in [-0.2, 0) is 12.8 Å². The van der Waals surface area contributed by atoms with Gasteiger partial charge < -0.3 is 17.0 Å². The van der Waals surface area contributed by atoms with Crippen LogP contribution in [0.5, 0.6) is 0 Å². The van der Waals surface area contributed by atoms with Crippen molar-refractivity contribution < 1.29 is 0 Å². The molecule has 0 spiro atoms. The fourth-order valence-corrected chi connectivity index (χ4v) is 2.04. The average molecular weight is 163 g/mol. The van der Waals surface area contributed by atoms with Crippen LogP contribution in [-0.4, -0.2) is 16.9 Å². The molecule has 1 unspecified atom stereocenters. The number of rotatable bonds is 0. The molecule has 1 heterocycles. The smallest absolute Gasteiger partial charge is 0.00858 e. The first kappa shape index (κ1) is 7.80. The van der Waals surface area contributed by atoms with E-state index >= 15 is 0 Å². The van der Waals surface area contributed by atoms with Crippen molar-refractivity contribution in [2.75, 3.05) is 12.7 Å². The fourth-order valence-electron chi connectivity index (χ4n) is 0.844. The summed E-state index contributed by atoms with van der Waals surface area (Å²) in [7, 11) is 0.801. The Morgan fingerprint density at radius 3 is 3.11 bits per heavy atom. The summed E-state index contributed by atoms with van der Waals surface area (Å²) in [6.45, 7) is 1.07. The van der Waals surface area contributed by atoms with Gasteiger partial charge in [0.1, 0.15) is 0 Å². The highest BCUT2D eigenvalue weighted by molar-refractivity contribution is 7.64. The molecule has 9 heavy (non-hydrogen) atoms. The third kappa shape index (κ3) is 3.41. The van der Waals surface area contributed by atoms with Crippen molar-refractivity contribution in [1.29, 1.82) is 0 Å². The third-order valence-electron chi connectivity index (χ3n) is 1.36. The summed E-state index contributed by atoms with van der Waals surface area (Å²) in [5, 5.41) is 0. The largest absolute Gasteiger partial charge is 0.679 e. The predicted octanol–water partition coefficient (Wildman–Crippen LogP) is 1.03. The Morgan fingerprint density at radius 1 is 1.33 bits per heavy atom. The normalized spacial score (nSPS) is 27.7. The van der Waals surface area contributed by atoms with Crippen molar-refractivity contribution in [3.63, 3.8) is 0 Å². The predicted molar refractivity (Wildman–Crippen MR) is 44.2 cm³/mol. The van der Waals surface area contributed by atoms with Crippen LogP contribution in [0, 0.1) is 0 Å². The molecule has 0 saturated carbocycles. The Labute approximate surface area is 63.7 Å². The number of hydrogen-bond acceptors (Lipinski definition) is 3. The van der Waals surface area contributed by atoms with Gasteiger partial charge in [-0.1, -0.05) is 15.2 Å². The molecule has 4 heteroatoms. The maximum absolute atomic E-state index is 4.97. The molecule has 1 rings (SSSR count). The van der Waals surface area contributed by atoms with E-state index in [-0.39, 0.29) is 0 Å². The first-order valence-electron chi connectivity index (χ1n) is 3.34. The molecule has 1 fully saturated rings. The third-order valence-corrected chi connectivity index (χ3v) is 2.90. The van der Waals surface area contributed by atoms with E-state index in [0.717, 1.165) is 15.3 Å². The fraction of sp³-hybridized carbons (Fsp3) is 1.00. The molecule has 1 aliphatic rings. The van der Waals surface area contributed by atoms with Crippen molar-refractivity contribution >= 4 is 21.5 Å². The molecule has 1 N–H and O–H groups in total. The van der Waals surface area contributed by atoms with Gasteiger partial charge in [-0.2, -0.15) is 0 Å². The number of hydrogen-bond donors (Lipinski definition) is 1. The van der Waals surface area contributed by atoms with Crippen molar-refractivity contribution in [1.82, 2.24) is 9.61 Å². The van der Waals surface area contributed by atoms with Crippen LogP contribution >= 0.6 is 8.73 Å². The lowest BCUT2D eigenvalue weighted by Gasteiger charge is -2.31. The van der Waals surface area contributed by atoms with Crippen molar-refractivity contribution in [2.45, 2.75) is 19.3 Å². The van der Waals surface area contributed by atoms with Gasteiger partial charge in [0.2, 0.25) is 0 Å². The van der Waals surface area contributed by atoms with Gasteiger partial charge in [-0.25, -0.2) is 0 Å². The molecule has 0 aliphatic carbocycles. The summed E-state index contributed by atoms with van der Waals surface area (Å²) in [4.78, 5) is 0. The zero-order chi connectivity index (χ0) is 6.53. The van der Waals surface area contributed by atoms with Gasteiger partial charge in [0.15, 0.2) is 0 Å². The molecule has 0 amide bonds. The summed E-state index contributed by atoms with van der Waals surface area (Å²) >= 11 is 4.97. The Balaban J connectivity index is 2.12. The lowest BCUT2D eigenvalue weighted by atomic mass is 10.2. The maximum atomic E-state index is 4.97. The quantitative estimate of drug-likeness (QED) is 0.424. The van der Waals surface area contributed by atoms with Gasteiger partial charge in [0, 0.05) is 6.54 Å². The Hall–Kier alpha value is 0.700. The molecule has 0 bridgehead atoms. The van der Waals surface area contributed by atoms with Gasteiger partial charge in [0.25, 0.3) is 0 Å². The topological polar surface area (TPSA) is 15.3 Å². The van der Waals surface area contributed by atoms with E-state index in [4.69, 9.17) is 12.8 Å². The first-order chi connectivity index (χ1) is 4.39. The number of nitrogens with one attached hydrogen (secondary N) is 1. The van der Waals surface area contributed by atoms with Gasteiger partial charge in [0.05, 0.1) is 0 Å². The van der Waals surface area contributed by atoms with Gasteiger partial charge in [-0.3, -0.25) is 5.43 Å². The first-order valence-corrected chi connectivity index (χ1v) is 4.86. The van der Waals surface area contributed by atoms with Crippen LogP contribution in [0.15, 0.2) is 0 Å². The highest BCUT2D eigenvalue weighted by Crippen LogP contribution is 2.17. The van der Waals surface area contributed by atoms with E-state index < -0.39 is 0 Å². The summed E-state index contributed by atoms with van der Waals surface area (Å²) in [5.41, 5.74) is 3.14. The molecular weight excluding hydrogens is 151 g/mol. The van der Waals surface area contributed by atoms with E-state index in [1.807, 2.05) is 0 Å². The second-order valence-corrected chi connectivity index (χ2v) is 4.12. The monoisotopic (exact) mass is 163 g/mol. The number of hydrazine groups is 1. The maximum Gasteiger partial charge on any atom is 0.00858 e. The van der Waals surface area contributed by atoms with Crippen LogP contribution in [0.1, 0.15) is 19.3 Å². The molecule has 1 aliphatic heterocycles. The second-order valence-electron chi connectivity index (χ2n) is 2.17. The van der Waals surface area contributed by atoms with Crippen LogP contribution < -0.4 is 5.43 Å². The highest BCUT2D eigenvalue weighted by atomic mass is 32.1. The second kappa shape index (κ2) is 4.51. The van der Waals surface area contributed by atoms with Crippen LogP contribution in [0.4, 0.5) is 0 Å². The SMILES string of the molecule is [S-]N1NCCCCCP1. The molecule has 2 nitrogen and oxygen atoms in total. The number of nitrogens with zero attached hydrogens (tertiary/aromatic N) is 1. The molecule has 0 radical (unpaired) electrons. The van der Waals surface area contributed by atoms with Gasteiger partial charge in [-0.05, 0) is 19.0 Å². The van der Waals surface area contributed by atoms with E-state index in [9.17, 15) is 0 Å². The molecule has 1 atom stereocenters. The zero-order valence-corrected chi connectivity index (χ0v) is 7.21. The van der Waals surface area contributed by atoms with Crippen LogP contribution in [0.25, 0.3) is 0 Å². The van der Waals surface area contributed by atoms with E-state index in [1.165, 1.54) is 25.4 Å². The lowest BCUT2D eigenvalue weighted by molar-refractivity contribution is 0.491. The van der Waals surface area contributed by atoms with Gasteiger partial charge >= 0.3 is 0 Å². The minimum Gasteiger partial charge on any atom is -0.679 e. The summed E-state index contributed by atoms with van der Waals surface area (Å²) in [5.74, 6) is 0. The summed E-state index contributed by atoms with van der Waals surface area (Å²) in [6, 6.07) is 0. The van der Waals surface area contributed by atoms with Crippen LogP contribution in [0.2, 0.25) is 0 Å². The highest BCUT2D eigenvalue weighted by Gasteiger charge is 1.95. The Kier molecular flexibility index (Phi) is 3.91. The van der Waals surface area contributed by atoms with Crippen molar-refractivity contribution in [2.24, 2.45) is 0 Å². The molecular formula is C5H12N2PS-. The molecule has 1 saturated heterocycles. The summed E-state index contributed by atoms with van der Waals surface area (Å²) < 4.78 is 1.80. The van der Waals surface area contributed by atoms with Gasteiger partial charge in [-0.15, -0.1) is 0 Å². The van der Waals surface area contributed by atoms with Crippen molar-refractivity contribution in [3.05, 3.63) is 0 Å². The molecule has 0 aromatic heterocycles.